The van der Waals surface area contributed by atoms with Crippen molar-refractivity contribution in [3.8, 4) is 22.4 Å². The third-order valence-electron chi connectivity index (χ3n) is 2.60. The Morgan fingerprint density at radius 3 is 2.58 bits per heavy atom. The zero-order valence-corrected chi connectivity index (χ0v) is 11.5. The molecule has 0 unspecified atom stereocenters. The van der Waals surface area contributed by atoms with Crippen molar-refractivity contribution in [3.63, 3.8) is 0 Å². The lowest BCUT2D eigenvalue weighted by Gasteiger charge is -2.00. The molecule has 1 aromatic heterocycles. The van der Waals surface area contributed by atoms with Crippen molar-refractivity contribution in [1.82, 2.24) is 4.98 Å². The van der Waals surface area contributed by atoms with Crippen molar-refractivity contribution in [2.75, 3.05) is 7.11 Å². The first kappa shape index (κ1) is 13.1. The van der Waals surface area contributed by atoms with Crippen molar-refractivity contribution in [3.05, 3.63) is 41.0 Å². The molecular weight excluding hydrogens is 258 g/mol. The smallest absolute Gasteiger partial charge is 0.124 e. The summed E-state index contributed by atoms with van der Waals surface area (Å²) >= 11 is 1.48. The molecule has 0 atom stereocenters. The third-order valence-corrected chi connectivity index (χ3v) is 3.49. The SMILES string of the molecule is COc1ccc(-c2nc(C(C#N)=C(C)N)cs2)cc1. The van der Waals surface area contributed by atoms with E-state index in [-0.39, 0.29) is 0 Å². The lowest BCUT2D eigenvalue weighted by atomic mass is 10.2. The van der Waals surface area contributed by atoms with Gasteiger partial charge in [-0.2, -0.15) is 5.26 Å². The van der Waals surface area contributed by atoms with E-state index in [1.165, 1.54) is 11.3 Å². The first-order valence-electron chi connectivity index (χ1n) is 5.62. The number of nitriles is 1. The topological polar surface area (TPSA) is 71.9 Å². The lowest BCUT2D eigenvalue weighted by molar-refractivity contribution is 0.415. The number of rotatable bonds is 3. The minimum absolute atomic E-state index is 0.427. The number of nitrogens with zero attached hydrogens (tertiary/aromatic N) is 2. The minimum Gasteiger partial charge on any atom is -0.497 e. The molecule has 2 aromatic rings. The van der Waals surface area contributed by atoms with Gasteiger partial charge in [-0.15, -0.1) is 11.3 Å². The summed E-state index contributed by atoms with van der Waals surface area (Å²) in [7, 11) is 1.63. The van der Waals surface area contributed by atoms with Crippen LogP contribution in [-0.4, -0.2) is 12.1 Å². The van der Waals surface area contributed by atoms with Crippen LogP contribution in [0, 0.1) is 11.3 Å². The van der Waals surface area contributed by atoms with Crippen LogP contribution in [0.2, 0.25) is 0 Å². The molecule has 19 heavy (non-hydrogen) atoms. The van der Waals surface area contributed by atoms with Gasteiger partial charge in [0.05, 0.1) is 18.4 Å². The normalized spacial score (nSPS) is 11.6. The molecule has 5 heteroatoms. The average Bonchev–Trinajstić information content (AvgIpc) is 2.89. The van der Waals surface area contributed by atoms with Gasteiger partial charge >= 0.3 is 0 Å². The molecule has 2 N–H and O–H groups in total. The summed E-state index contributed by atoms with van der Waals surface area (Å²) in [6.07, 6.45) is 0. The second-order valence-corrected chi connectivity index (χ2v) is 4.79. The maximum Gasteiger partial charge on any atom is 0.124 e. The summed E-state index contributed by atoms with van der Waals surface area (Å²) in [5.74, 6) is 0.802. The molecule has 0 radical (unpaired) electrons. The quantitative estimate of drug-likeness (QED) is 0.871. The largest absolute Gasteiger partial charge is 0.497 e. The van der Waals surface area contributed by atoms with E-state index in [4.69, 9.17) is 15.7 Å². The Hall–Kier alpha value is -2.32. The summed E-state index contributed by atoms with van der Waals surface area (Å²) in [6, 6.07) is 9.71. The Morgan fingerprint density at radius 1 is 1.37 bits per heavy atom. The van der Waals surface area contributed by atoms with Crippen LogP contribution in [-0.2, 0) is 0 Å². The number of hydrogen-bond acceptors (Lipinski definition) is 5. The highest BCUT2D eigenvalue weighted by molar-refractivity contribution is 7.13. The number of thiazole rings is 1. The summed E-state index contributed by atoms with van der Waals surface area (Å²) in [5, 5.41) is 11.8. The number of aromatic nitrogens is 1. The molecule has 2 rings (SSSR count). The van der Waals surface area contributed by atoms with Gasteiger partial charge in [0.2, 0.25) is 0 Å². The monoisotopic (exact) mass is 271 g/mol. The molecule has 0 aliphatic heterocycles. The molecule has 4 nitrogen and oxygen atoms in total. The highest BCUT2D eigenvalue weighted by Gasteiger charge is 2.10. The predicted octanol–water partition coefficient (Wildman–Crippen LogP) is 3.03. The Bertz CT molecular complexity index is 646. The van der Waals surface area contributed by atoms with Gasteiger partial charge in [-0.1, -0.05) is 0 Å². The molecule has 96 valence electrons. The molecular formula is C14H13N3OS. The molecule has 1 aromatic carbocycles. The van der Waals surface area contributed by atoms with Crippen LogP contribution < -0.4 is 10.5 Å². The number of ether oxygens (including phenoxy) is 1. The van der Waals surface area contributed by atoms with Gasteiger partial charge in [-0.05, 0) is 31.2 Å². The van der Waals surface area contributed by atoms with E-state index in [9.17, 15) is 0 Å². The number of methoxy groups -OCH3 is 1. The molecule has 0 bridgehead atoms. The van der Waals surface area contributed by atoms with Gasteiger partial charge in [0.25, 0.3) is 0 Å². The zero-order valence-electron chi connectivity index (χ0n) is 10.7. The Kier molecular flexibility index (Phi) is 3.83. The van der Waals surface area contributed by atoms with E-state index in [0.29, 0.717) is 17.0 Å². The van der Waals surface area contributed by atoms with Crippen molar-refractivity contribution < 1.29 is 4.74 Å². The first-order chi connectivity index (χ1) is 9.15. The Balaban J connectivity index is 2.36. The van der Waals surface area contributed by atoms with Gasteiger partial charge < -0.3 is 10.5 Å². The molecule has 0 aliphatic carbocycles. The maximum absolute atomic E-state index is 9.06. The van der Waals surface area contributed by atoms with E-state index in [1.54, 1.807) is 14.0 Å². The molecule has 0 saturated carbocycles. The van der Waals surface area contributed by atoms with E-state index in [1.807, 2.05) is 29.6 Å². The summed E-state index contributed by atoms with van der Waals surface area (Å²) in [5.41, 5.74) is 8.19. The Labute approximate surface area is 115 Å². The Morgan fingerprint density at radius 2 is 2.05 bits per heavy atom. The number of allylic oxidation sites excluding steroid dienone is 2. The number of hydrogen-bond donors (Lipinski definition) is 1. The van der Waals surface area contributed by atoms with Gasteiger partial charge in [-0.25, -0.2) is 4.98 Å². The molecule has 0 spiro atoms. The highest BCUT2D eigenvalue weighted by Crippen LogP contribution is 2.28. The highest BCUT2D eigenvalue weighted by atomic mass is 32.1. The van der Waals surface area contributed by atoms with E-state index in [0.717, 1.165) is 16.3 Å². The van der Waals surface area contributed by atoms with Gasteiger partial charge in [0.1, 0.15) is 16.8 Å². The van der Waals surface area contributed by atoms with E-state index < -0.39 is 0 Å². The van der Waals surface area contributed by atoms with Crippen molar-refractivity contribution in [2.24, 2.45) is 5.73 Å². The summed E-state index contributed by atoms with van der Waals surface area (Å²) in [6.45, 7) is 1.70. The van der Waals surface area contributed by atoms with Gasteiger partial charge in [0.15, 0.2) is 0 Å². The molecule has 1 heterocycles. The van der Waals surface area contributed by atoms with Crippen LogP contribution in [0.15, 0.2) is 35.3 Å². The second kappa shape index (κ2) is 5.55. The predicted molar refractivity (Wildman–Crippen MR) is 76.5 cm³/mol. The van der Waals surface area contributed by atoms with E-state index >= 15 is 0 Å². The number of nitrogens with two attached hydrogens (primary N) is 1. The van der Waals surface area contributed by atoms with Crippen LogP contribution >= 0.6 is 11.3 Å². The van der Waals surface area contributed by atoms with Crippen LogP contribution in [0.25, 0.3) is 16.1 Å². The fourth-order valence-electron chi connectivity index (χ4n) is 1.60. The number of benzene rings is 1. The first-order valence-corrected chi connectivity index (χ1v) is 6.50. The van der Waals surface area contributed by atoms with E-state index in [2.05, 4.69) is 11.1 Å². The minimum atomic E-state index is 0.427. The summed E-state index contributed by atoms with van der Waals surface area (Å²) in [4.78, 5) is 4.45. The summed E-state index contributed by atoms with van der Waals surface area (Å²) < 4.78 is 5.11. The van der Waals surface area contributed by atoms with Crippen LogP contribution in [0.1, 0.15) is 12.6 Å². The zero-order chi connectivity index (χ0) is 13.8. The van der Waals surface area contributed by atoms with Gasteiger partial charge in [-0.3, -0.25) is 0 Å². The second-order valence-electron chi connectivity index (χ2n) is 3.94. The van der Waals surface area contributed by atoms with Gasteiger partial charge in [0, 0.05) is 16.6 Å². The fraction of sp³-hybridized carbons (Fsp3) is 0.143. The van der Waals surface area contributed by atoms with Crippen molar-refractivity contribution in [1.29, 1.82) is 5.26 Å². The standard InChI is InChI=1S/C14H13N3OS/c1-9(16)12(7-15)13-8-19-14(17-13)10-3-5-11(18-2)6-4-10/h3-6,8H,16H2,1-2H3. The van der Waals surface area contributed by atoms with Crippen molar-refractivity contribution >= 4 is 16.9 Å². The average molecular weight is 271 g/mol. The molecule has 0 amide bonds. The lowest BCUT2D eigenvalue weighted by Crippen LogP contribution is -1.96. The van der Waals surface area contributed by atoms with Crippen LogP contribution in [0.4, 0.5) is 0 Å². The third kappa shape index (κ3) is 2.75. The molecule has 0 saturated heterocycles. The van der Waals surface area contributed by atoms with Crippen LogP contribution in [0.5, 0.6) is 5.75 Å². The fourth-order valence-corrected chi connectivity index (χ4v) is 2.42. The van der Waals surface area contributed by atoms with Crippen LogP contribution in [0.3, 0.4) is 0 Å². The molecule has 0 aliphatic rings. The van der Waals surface area contributed by atoms with Crippen molar-refractivity contribution in [2.45, 2.75) is 6.92 Å². The molecule has 0 fully saturated rings. The maximum atomic E-state index is 9.06.